The van der Waals surface area contributed by atoms with E-state index in [0.29, 0.717) is 12.0 Å². The molecule has 2 fully saturated rings. The summed E-state index contributed by atoms with van der Waals surface area (Å²) in [6.45, 7) is 5.01. The number of carboxylic acids is 1. The van der Waals surface area contributed by atoms with Gasteiger partial charge in [0.25, 0.3) is 0 Å². The van der Waals surface area contributed by atoms with Gasteiger partial charge in [-0.3, -0.25) is 14.5 Å². The molecule has 2 aliphatic rings. The predicted octanol–water partition coefficient (Wildman–Crippen LogP) is 1.87. The van der Waals surface area contributed by atoms with E-state index in [9.17, 15) is 9.59 Å². The molecular formula is C16H28N2O3. The number of rotatable bonds is 6. The van der Waals surface area contributed by atoms with E-state index in [0.717, 1.165) is 38.6 Å². The second-order valence-electron chi connectivity index (χ2n) is 6.66. The Morgan fingerprint density at radius 3 is 2.48 bits per heavy atom. The molecule has 2 unspecified atom stereocenters. The van der Waals surface area contributed by atoms with Gasteiger partial charge in [0, 0.05) is 18.0 Å². The molecule has 21 heavy (non-hydrogen) atoms. The number of nitrogens with zero attached hydrogens (tertiary/aromatic N) is 1. The number of likely N-dealkylation sites (N-methyl/N-ethyl adjacent to an activating group) is 1. The number of carboxylic acid groups (broad SMARTS) is 1. The van der Waals surface area contributed by atoms with Crippen LogP contribution in [0.4, 0.5) is 0 Å². The van der Waals surface area contributed by atoms with Crippen LogP contribution in [0.5, 0.6) is 0 Å². The van der Waals surface area contributed by atoms with Crippen molar-refractivity contribution < 1.29 is 14.7 Å². The molecule has 0 aromatic rings. The third-order valence-corrected chi connectivity index (χ3v) is 5.17. The van der Waals surface area contributed by atoms with Gasteiger partial charge in [0.05, 0.1) is 6.54 Å². The number of carbonyl (C=O) groups is 2. The second-order valence-corrected chi connectivity index (χ2v) is 6.66. The Morgan fingerprint density at radius 2 is 1.90 bits per heavy atom. The van der Waals surface area contributed by atoms with E-state index in [1.807, 2.05) is 11.8 Å². The highest BCUT2D eigenvalue weighted by molar-refractivity contribution is 5.79. The number of hydrogen-bond acceptors (Lipinski definition) is 3. The lowest BCUT2D eigenvalue weighted by Gasteiger charge is -2.43. The van der Waals surface area contributed by atoms with Gasteiger partial charge in [-0.05, 0) is 38.1 Å². The maximum atomic E-state index is 12.3. The first-order chi connectivity index (χ1) is 10.0. The van der Waals surface area contributed by atoms with Crippen molar-refractivity contribution >= 4 is 11.9 Å². The number of amides is 1. The van der Waals surface area contributed by atoms with E-state index in [1.165, 1.54) is 6.42 Å². The summed E-state index contributed by atoms with van der Waals surface area (Å²) in [5.41, 5.74) is 0. The Morgan fingerprint density at radius 1 is 1.24 bits per heavy atom. The molecule has 120 valence electrons. The molecule has 0 radical (unpaired) electrons. The first-order valence-corrected chi connectivity index (χ1v) is 8.27. The van der Waals surface area contributed by atoms with Crippen LogP contribution in [0.25, 0.3) is 0 Å². The van der Waals surface area contributed by atoms with Crippen LogP contribution in [-0.4, -0.2) is 47.1 Å². The van der Waals surface area contributed by atoms with E-state index in [-0.39, 0.29) is 24.4 Å². The number of aliphatic carboxylic acids is 1. The van der Waals surface area contributed by atoms with Crippen LogP contribution >= 0.6 is 0 Å². The summed E-state index contributed by atoms with van der Waals surface area (Å²) in [4.78, 5) is 25.1. The van der Waals surface area contributed by atoms with Gasteiger partial charge in [-0.15, -0.1) is 0 Å². The molecule has 0 saturated heterocycles. The van der Waals surface area contributed by atoms with E-state index in [1.54, 1.807) is 0 Å². The van der Waals surface area contributed by atoms with Crippen molar-refractivity contribution in [2.24, 2.45) is 11.8 Å². The molecule has 1 amide bonds. The molecule has 0 aromatic carbocycles. The molecule has 0 spiro atoms. The number of carbonyl (C=O) groups excluding carboxylic acids is 1. The summed E-state index contributed by atoms with van der Waals surface area (Å²) in [5, 5.41) is 12.0. The summed E-state index contributed by atoms with van der Waals surface area (Å²) in [6.07, 6.45) is 6.35. The molecule has 5 heteroatoms. The lowest BCUT2D eigenvalue weighted by molar-refractivity contribution is -0.140. The third kappa shape index (κ3) is 4.19. The highest BCUT2D eigenvalue weighted by Crippen LogP contribution is 2.31. The van der Waals surface area contributed by atoms with Crippen LogP contribution in [0.3, 0.4) is 0 Å². The zero-order chi connectivity index (χ0) is 15.4. The zero-order valence-electron chi connectivity index (χ0n) is 13.2. The molecule has 2 saturated carbocycles. The van der Waals surface area contributed by atoms with Crippen LogP contribution in [0, 0.1) is 11.8 Å². The highest BCUT2D eigenvalue weighted by atomic mass is 16.4. The quantitative estimate of drug-likeness (QED) is 0.785. The van der Waals surface area contributed by atoms with Crippen molar-refractivity contribution in [2.75, 3.05) is 13.1 Å². The fourth-order valence-electron chi connectivity index (χ4n) is 3.69. The summed E-state index contributed by atoms with van der Waals surface area (Å²) in [6, 6.07) is 0.541. The minimum Gasteiger partial charge on any atom is -0.480 e. The van der Waals surface area contributed by atoms with Crippen molar-refractivity contribution in [3.05, 3.63) is 0 Å². The summed E-state index contributed by atoms with van der Waals surface area (Å²) in [5.74, 6) is 0.111. The first kappa shape index (κ1) is 16.3. The standard InChI is InChI=1S/C16H28N2O3/c1-3-18(10-15(19)20)13-8-12(9-13)17-16(21)14-7-5-4-6-11(14)2/h11-14H,3-10H2,1-2H3,(H,17,21)(H,19,20). The zero-order valence-corrected chi connectivity index (χ0v) is 13.2. The average molecular weight is 296 g/mol. The van der Waals surface area contributed by atoms with Crippen LogP contribution in [0.1, 0.15) is 52.4 Å². The van der Waals surface area contributed by atoms with Gasteiger partial charge in [-0.2, -0.15) is 0 Å². The summed E-state index contributed by atoms with van der Waals surface area (Å²) in [7, 11) is 0. The van der Waals surface area contributed by atoms with Gasteiger partial charge in [0.15, 0.2) is 0 Å². The Bertz CT molecular complexity index is 380. The van der Waals surface area contributed by atoms with Crippen LogP contribution in [0.15, 0.2) is 0 Å². The molecule has 2 atom stereocenters. The minimum atomic E-state index is -0.777. The van der Waals surface area contributed by atoms with Crippen molar-refractivity contribution in [1.29, 1.82) is 0 Å². The minimum absolute atomic E-state index is 0.0987. The van der Waals surface area contributed by atoms with Gasteiger partial charge in [-0.25, -0.2) is 0 Å². The monoisotopic (exact) mass is 296 g/mol. The molecule has 0 aromatic heterocycles. The lowest BCUT2D eigenvalue weighted by atomic mass is 9.79. The van der Waals surface area contributed by atoms with Crippen LogP contribution < -0.4 is 5.32 Å². The molecule has 0 bridgehead atoms. The lowest BCUT2D eigenvalue weighted by Crippen LogP contribution is -2.56. The Kier molecular flexibility index (Phi) is 5.62. The van der Waals surface area contributed by atoms with Crippen LogP contribution in [0.2, 0.25) is 0 Å². The normalized spacial score (nSPS) is 32.5. The smallest absolute Gasteiger partial charge is 0.317 e. The average Bonchev–Trinajstić information content (AvgIpc) is 2.40. The van der Waals surface area contributed by atoms with E-state index in [2.05, 4.69) is 12.2 Å². The van der Waals surface area contributed by atoms with Crippen molar-refractivity contribution in [1.82, 2.24) is 10.2 Å². The maximum absolute atomic E-state index is 12.3. The van der Waals surface area contributed by atoms with Gasteiger partial charge in [0.2, 0.25) is 5.91 Å². The van der Waals surface area contributed by atoms with E-state index < -0.39 is 5.97 Å². The third-order valence-electron chi connectivity index (χ3n) is 5.17. The highest BCUT2D eigenvalue weighted by Gasteiger charge is 2.36. The van der Waals surface area contributed by atoms with E-state index >= 15 is 0 Å². The van der Waals surface area contributed by atoms with Crippen molar-refractivity contribution in [2.45, 2.75) is 64.5 Å². The van der Waals surface area contributed by atoms with Gasteiger partial charge < -0.3 is 10.4 Å². The Labute approximate surface area is 127 Å². The Balaban J connectivity index is 1.74. The number of hydrogen-bond donors (Lipinski definition) is 2. The fraction of sp³-hybridized carbons (Fsp3) is 0.875. The topological polar surface area (TPSA) is 69.6 Å². The molecule has 0 heterocycles. The first-order valence-electron chi connectivity index (χ1n) is 8.27. The van der Waals surface area contributed by atoms with Crippen molar-refractivity contribution in [3.63, 3.8) is 0 Å². The Hall–Kier alpha value is -1.10. The molecule has 2 N–H and O–H groups in total. The molecule has 2 rings (SSSR count). The molecule has 0 aliphatic heterocycles. The molecule has 5 nitrogen and oxygen atoms in total. The van der Waals surface area contributed by atoms with Crippen LogP contribution in [-0.2, 0) is 9.59 Å². The largest absolute Gasteiger partial charge is 0.480 e. The summed E-state index contributed by atoms with van der Waals surface area (Å²) < 4.78 is 0. The number of nitrogens with one attached hydrogen (secondary N) is 1. The SMILES string of the molecule is CCN(CC(=O)O)C1CC(NC(=O)C2CCCCC2C)C1. The van der Waals surface area contributed by atoms with Crippen molar-refractivity contribution in [3.8, 4) is 0 Å². The second kappa shape index (κ2) is 7.25. The summed E-state index contributed by atoms with van der Waals surface area (Å²) >= 11 is 0. The van der Waals surface area contributed by atoms with Gasteiger partial charge >= 0.3 is 5.97 Å². The van der Waals surface area contributed by atoms with E-state index in [4.69, 9.17) is 5.11 Å². The van der Waals surface area contributed by atoms with Gasteiger partial charge in [-0.1, -0.05) is 26.7 Å². The molecular weight excluding hydrogens is 268 g/mol. The maximum Gasteiger partial charge on any atom is 0.317 e. The predicted molar refractivity (Wildman–Crippen MR) is 81.0 cm³/mol. The molecule has 2 aliphatic carbocycles. The van der Waals surface area contributed by atoms with Gasteiger partial charge in [0.1, 0.15) is 0 Å². The fourth-order valence-corrected chi connectivity index (χ4v) is 3.69.